The Morgan fingerprint density at radius 2 is 1.81 bits per heavy atom. The highest BCUT2D eigenvalue weighted by molar-refractivity contribution is 5.61. The van der Waals surface area contributed by atoms with Crippen LogP contribution in [-0.4, -0.2) is 13.1 Å². The van der Waals surface area contributed by atoms with Gasteiger partial charge in [-0.2, -0.15) is 0 Å². The Kier molecular flexibility index (Phi) is 3.08. The van der Waals surface area contributed by atoms with E-state index in [0.29, 0.717) is 0 Å². The molecule has 2 rings (SSSR count). The van der Waals surface area contributed by atoms with Gasteiger partial charge in [-0.1, -0.05) is 19.9 Å². The molecule has 2 unspecified atom stereocenters. The molecule has 1 aromatic carbocycles. The summed E-state index contributed by atoms with van der Waals surface area (Å²) in [4.78, 5) is 2.49. The summed E-state index contributed by atoms with van der Waals surface area (Å²) >= 11 is 0. The lowest BCUT2D eigenvalue weighted by molar-refractivity contribution is 0.356. The molecule has 1 fully saturated rings. The standard InChI is InChI=1S/C14H22N2/c1-10-6-11(2)9-16(8-10)14-7-13(15)5-4-12(14)3/h4-5,7,10-11H,6,8-9,15H2,1-3H3. The quantitative estimate of drug-likeness (QED) is 0.734. The van der Waals surface area contributed by atoms with Crippen molar-refractivity contribution in [3.05, 3.63) is 23.8 Å². The maximum atomic E-state index is 5.88. The molecule has 16 heavy (non-hydrogen) atoms. The van der Waals surface area contributed by atoms with Gasteiger partial charge < -0.3 is 10.6 Å². The Morgan fingerprint density at radius 1 is 1.19 bits per heavy atom. The third kappa shape index (κ3) is 2.31. The number of benzene rings is 1. The maximum absolute atomic E-state index is 5.88. The molecule has 0 bridgehead atoms. The average Bonchev–Trinajstić information content (AvgIpc) is 2.20. The number of piperidine rings is 1. The monoisotopic (exact) mass is 218 g/mol. The molecular formula is C14H22N2. The van der Waals surface area contributed by atoms with Crippen molar-refractivity contribution in [3.63, 3.8) is 0 Å². The molecule has 0 radical (unpaired) electrons. The van der Waals surface area contributed by atoms with Crippen molar-refractivity contribution in [1.29, 1.82) is 0 Å². The molecule has 0 saturated carbocycles. The Balaban J connectivity index is 2.25. The topological polar surface area (TPSA) is 29.3 Å². The van der Waals surface area contributed by atoms with Gasteiger partial charge in [-0.3, -0.25) is 0 Å². The second-order valence-electron chi connectivity index (χ2n) is 5.40. The van der Waals surface area contributed by atoms with Crippen LogP contribution in [0.2, 0.25) is 0 Å². The minimum atomic E-state index is 0.782. The van der Waals surface area contributed by atoms with Crippen molar-refractivity contribution in [1.82, 2.24) is 0 Å². The number of anilines is 2. The van der Waals surface area contributed by atoms with Crippen molar-refractivity contribution in [3.8, 4) is 0 Å². The Hall–Kier alpha value is -1.18. The van der Waals surface area contributed by atoms with E-state index >= 15 is 0 Å². The van der Waals surface area contributed by atoms with Crippen LogP contribution in [0.4, 0.5) is 11.4 Å². The summed E-state index contributed by atoms with van der Waals surface area (Å²) in [5.74, 6) is 1.56. The van der Waals surface area contributed by atoms with E-state index in [2.05, 4.69) is 37.8 Å². The smallest absolute Gasteiger partial charge is 0.0416 e. The minimum Gasteiger partial charge on any atom is -0.399 e. The van der Waals surface area contributed by atoms with Gasteiger partial charge in [-0.15, -0.1) is 0 Å². The number of nitrogen functional groups attached to an aromatic ring is 1. The van der Waals surface area contributed by atoms with E-state index in [9.17, 15) is 0 Å². The SMILES string of the molecule is Cc1ccc(N)cc1N1CC(C)CC(C)C1. The second-order valence-corrected chi connectivity index (χ2v) is 5.40. The van der Waals surface area contributed by atoms with E-state index < -0.39 is 0 Å². The van der Waals surface area contributed by atoms with Crippen LogP contribution in [0, 0.1) is 18.8 Å². The molecule has 2 heteroatoms. The predicted molar refractivity (Wildman–Crippen MR) is 70.7 cm³/mol. The highest BCUT2D eigenvalue weighted by Gasteiger charge is 2.22. The average molecular weight is 218 g/mol. The molecule has 2 N–H and O–H groups in total. The van der Waals surface area contributed by atoms with Crippen LogP contribution >= 0.6 is 0 Å². The third-order valence-corrected chi connectivity index (χ3v) is 3.44. The summed E-state index contributed by atoms with van der Waals surface area (Å²) in [5, 5.41) is 0. The fourth-order valence-corrected chi connectivity index (χ4v) is 2.83. The lowest BCUT2D eigenvalue weighted by Gasteiger charge is -2.37. The molecule has 1 aliphatic rings. The van der Waals surface area contributed by atoms with Gasteiger partial charge in [0, 0.05) is 24.5 Å². The van der Waals surface area contributed by atoms with Gasteiger partial charge in [0.15, 0.2) is 0 Å². The maximum Gasteiger partial charge on any atom is 0.0416 e. The van der Waals surface area contributed by atoms with E-state index in [1.54, 1.807) is 0 Å². The number of rotatable bonds is 1. The first kappa shape index (κ1) is 11.3. The van der Waals surface area contributed by atoms with Gasteiger partial charge >= 0.3 is 0 Å². The van der Waals surface area contributed by atoms with Gasteiger partial charge in [-0.25, -0.2) is 0 Å². The molecule has 0 aliphatic carbocycles. The van der Waals surface area contributed by atoms with E-state index in [-0.39, 0.29) is 0 Å². The predicted octanol–water partition coefficient (Wildman–Crippen LogP) is 3.06. The Morgan fingerprint density at radius 3 is 2.44 bits per heavy atom. The molecule has 88 valence electrons. The largest absolute Gasteiger partial charge is 0.399 e. The summed E-state index contributed by atoms with van der Waals surface area (Å²) in [6.45, 7) is 9.16. The summed E-state index contributed by atoms with van der Waals surface area (Å²) in [5.41, 5.74) is 9.39. The first-order chi connectivity index (χ1) is 7.56. The van der Waals surface area contributed by atoms with E-state index in [1.807, 2.05) is 6.07 Å². The van der Waals surface area contributed by atoms with E-state index in [0.717, 1.165) is 30.6 Å². The lowest BCUT2D eigenvalue weighted by Crippen LogP contribution is -2.39. The van der Waals surface area contributed by atoms with Crippen molar-refractivity contribution >= 4 is 11.4 Å². The zero-order chi connectivity index (χ0) is 11.7. The van der Waals surface area contributed by atoms with Gasteiger partial charge in [0.05, 0.1) is 0 Å². The first-order valence-electron chi connectivity index (χ1n) is 6.17. The zero-order valence-electron chi connectivity index (χ0n) is 10.5. The van der Waals surface area contributed by atoms with E-state index in [1.165, 1.54) is 17.7 Å². The molecule has 1 aliphatic heterocycles. The zero-order valence-corrected chi connectivity index (χ0v) is 10.5. The molecule has 1 heterocycles. The Labute approximate surface area is 98.4 Å². The van der Waals surface area contributed by atoms with Crippen molar-refractivity contribution in [2.45, 2.75) is 27.2 Å². The van der Waals surface area contributed by atoms with Crippen LogP contribution in [0.15, 0.2) is 18.2 Å². The number of hydrogen-bond donors (Lipinski definition) is 1. The molecule has 0 amide bonds. The van der Waals surface area contributed by atoms with Gasteiger partial charge in [0.25, 0.3) is 0 Å². The highest BCUT2D eigenvalue weighted by Crippen LogP contribution is 2.29. The molecule has 1 aromatic rings. The van der Waals surface area contributed by atoms with Gasteiger partial charge in [0.1, 0.15) is 0 Å². The molecule has 2 atom stereocenters. The van der Waals surface area contributed by atoms with Gasteiger partial charge in [0.2, 0.25) is 0 Å². The number of aryl methyl sites for hydroxylation is 1. The molecule has 1 saturated heterocycles. The van der Waals surface area contributed by atoms with Crippen molar-refractivity contribution < 1.29 is 0 Å². The number of nitrogens with zero attached hydrogens (tertiary/aromatic N) is 1. The van der Waals surface area contributed by atoms with E-state index in [4.69, 9.17) is 5.73 Å². The number of nitrogens with two attached hydrogens (primary N) is 1. The van der Waals surface area contributed by atoms with Crippen LogP contribution in [0.1, 0.15) is 25.8 Å². The summed E-state index contributed by atoms with van der Waals surface area (Å²) < 4.78 is 0. The molecule has 2 nitrogen and oxygen atoms in total. The normalized spacial score (nSPS) is 25.8. The highest BCUT2D eigenvalue weighted by atomic mass is 15.1. The fourth-order valence-electron chi connectivity index (χ4n) is 2.83. The van der Waals surface area contributed by atoms with Crippen molar-refractivity contribution in [2.24, 2.45) is 11.8 Å². The molecule has 0 spiro atoms. The number of hydrogen-bond acceptors (Lipinski definition) is 2. The molecule has 0 aromatic heterocycles. The summed E-state index contributed by atoms with van der Waals surface area (Å²) in [6, 6.07) is 6.21. The lowest BCUT2D eigenvalue weighted by atomic mass is 9.91. The van der Waals surface area contributed by atoms with Gasteiger partial charge in [-0.05, 0) is 42.9 Å². The van der Waals surface area contributed by atoms with Crippen LogP contribution in [0.25, 0.3) is 0 Å². The van der Waals surface area contributed by atoms with Crippen LogP contribution in [-0.2, 0) is 0 Å². The van der Waals surface area contributed by atoms with Crippen LogP contribution in [0.5, 0.6) is 0 Å². The second kappa shape index (κ2) is 4.36. The van der Waals surface area contributed by atoms with Crippen molar-refractivity contribution in [2.75, 3.05) is 23.7 Å². The first-order valence-corrected chi connectivity index (χ1v) is 6.17. The third-order valence-electron chi connectivity index (χ3n) is 3.44. The van der Waals surface area contributed by atoms with Crippen LogP contribution < -0.4 is 10.6 Å². The molecular weight excluding hydrogens is 196 g/mol. The summed E-state index contributed by atoms with van der Waals surface area (Å²) in [6.07, 6.45) is 1.35. The summed E-state index contributed by atoms with van der Waals surface area (Å²) in [7, 11) is 0. The fraction of sp³-hybridized carbons (Fsp3) is 0.571. The minimum absolute atomic E-state index is 0.782. The Bertz CT molecular complexity index is 363. The van der Waals surface area contributed by atoms with Crippen LogP contribution in [0.3, 0.4) is 0 Å².